The molecule has 31 heavy (non-hydrogen) atoms. The number of hydrogen-bond donors (Lipinski definition) is 4. The van der Waals surface area contributed by atoms with Gasteiger partial charge in [0, 0.05) is 10.6 Å². The second-order valence-corrected chi connectivity index (χ2v) is 11.0. The number of sulfonamides is 1. The highest BCUT2D eigenvalue weighted by Gasteiger charge is 2.28. The van der Waals surface area contributed by atoms with Crippen molar-refractivity contribution in [2.24, 2.45) is 11.7 Å². The first-order chi connectivity index (χ1) is 14.4. The van der Waals surface area contributed by atoms with E-state index in [2.05, 4.69) is 10.3 Å². The molecule has 5 N–H and O–H groups in total. The lowest BCUT2D eigenvalue weighted by molar-refractivity contribution is -0.118. The van der Waals surface area contributed by atoms with Gasteiger partial charge >= 0.3 is 0 Å². The predicted molar refractivity (Wildman–Crippen MR) is 116 cm³/mol. The van der Waals surface area contributed by atoms with E-state index in [1.165, 1.54) is 6.07 Å². The molecule has 0 spiro atoms. The maximum atomic E-state index is 12.6. The van der Waals surface area contributed by atoms with Gasteiger partial charge in [-0.2, -0.15) is 0 Å². The SMILES string of the molecule is CC(C)(O)CSc1cc(NC(=O)[C@@H](N)C2CCCCC2)ncc1S(=O)(=O)NCC(F)F. The van der Waals surface area contributed by atoms with Gasteiger partial charge in [-0.05, 0) is 38.7 Å². The Kier molecular flexibility index (Phi) is 9.19. The Balaban J connectivity index is 2.23. The average molecular weight is 481 g/mol. The third kappa shape index (κ3) is 8.26. The van der Waals surface area contributed by atoms with E-state index in [4.69, 9.17) is 5.73 Å². The second kappa shape index (κ2) is 11.0. The smallest absolute Gasteiger partial charge is 0.251 e. The Labute approximate surface area is 185 Å². The van der Waals surface area contributed by atoms with Crippen molar-refractivity contribution in [2.75, 3.05) is 17.6 Å². The van der Waals surface area contributed by atoms with Crippen LogP contribution in [-0.4, -0.2) is 54.8 Å². The Morgan fingerprint density at radius 2 is 2.00 bits per heavy atom. The summed E-state index contributed by atoms with van der Waals surface area (Å²) in [5.74, 6) is -0.105. The van der Waals surface area contributed by atoms with E-state index in [0.29, 0.717) is 0 Å². The van der Waals surface area contributed by atoms with E-state index in [-0.39, 0.29) is 27.3 Å². The molecular formula is C19H30F2N4O4S2. The lowest BCUT2D eigenvalue weighted by Gasteiger charge is -2.26. The van der Waals surface area contributed by atoms with Crippen molar-refractivity contribution in [3.8, 4) is 0 Å². The molecule has 1 heterocycles. The van der Waals surface area contributed by atoms with Crippen LogP contribution in [-0.2, 0) is 14.8 Å². The fourth-order valence-corrected chi connectivity index (χ4v) is 5.65. The van der Waals surface area contributed by atoms with Gasteiger partial charge in [0.15, 0.2) is 0 Å². The largest absolute Gasteiger partial charge is 0.390 e. The Hall–Kier alpha value is -1.34. The summed E-state index contributed by atoms with van der Waals surface area (Å²) in [6, 6.07) is 0.643. The van der Waals surface area contributed by atoms with Crippen molar-refractivity contribution in [1.29, 1.82) is 0 Å². The molecule has 1 fully saturated rings. The number of amides is 1. The molecule has 0 unspecified atom stereocenters. The maximum absolute atomic E-state index is 12.6. The number of nitrogens with two attached hydrogens (primary N) is 1. The summed E-state index contributed by atoms with van der Waals surface area (Å²) in [7, 11) is -4.26. The number of aliphatic hydroxyl groups is 1. The van der Waals surface area contributed by atoms with Crippen LogP contribution in [0.5, 0.6) is 0 Å². The van der Waals surface area contributed by atoms with Crippen LogP contribution in [0.15, 0.2) is 22.1 Å². The number of nitrogens with one attached hydrogen (secondary N) is 2. The Morgan fingerprint density at radius 3 is 2.58 bits per heavy atom. The van der Waals surface area contributed by atoms with E-state index >= 15 is 0 Å². The second-order valence-electron chi connectivity index (χ2n) is 8.27. The molecule has 1 aromatic heterocycles. The first-order valence-corrected chi connectivity index (χ1v) is 12.6. The molecule has 1 amide bonds. The molecule has 1 atom stereocenters. The number of halogens is 2. The fraction of sp³-hybridized carbons (Fsp3) is 0.684. The Morgan fingerprint density at radius 1 is 1.35 bits per heavy atom. The van der Waals surface area contributed by atoms with Gasteiger partial charge < -0.3 is 16.2 Å². The molecule has 0 saturated heterocycles. The molecule has 0 bridgehead atoms. The monoisotopic (exact) mass is 480 g/mol. The highest BCUT2D eigenvalue weighted by Crippen LogP contribution is 2.31. The molecule has 0 aromatic carbocycles. The number of hydrogen-bond acceptors (Lipinski definition) is 7. The quantitative estimate of drug-likeness (QED) is 0.378. The average Bonchev–Trinajstić information content (AvgIpc) is 2.70. The van der Waals surface area contributed by atoms with Gasteiger partial charge in [0.2, 0.25) is 15.9 Å². The molecule has 1 saturated carbocycles. The third-order valence-electron chi connectivity index (χ3n) is 4.84. The van der Waals surface area contributed by atoms with Crippen molar-refractivity contribution in [2.45, 2.75) is 73.8 Å². The molecule has 1 aromatic rings. The highest BCUT2D eigenvalue weighted by atomic mass is 32.2. The number of rotatable bonds is 10. The van der Waals surface area contributed by atoms with Crippen LogP contribution in [0.3, 0.4) is 0 Å². The minimum absolute atomic E-state index is 0.0796. The number of carbonyl (C=O) groups excluding carboxylic acids is 1. The van der Waals surface area contributed by atoms with Crippen LogP contribution < -0.4 is 15.8 Å². The van der Waals surface area contributed by atoms with E-state index in [9.17, 15) is 27.1 Å². The molecule has 2 rings (SSSR count). The first kappa shape index (κ1) is 25.9. The van der Waals surface area contributed by atoms with Gasteiger partial charge in [-0.25, -0.2) is 26.9 Å². The zero-order chi connectivity index (χ0) is 23.2. The standard InChI is InChI=1S/C19H30F2N4O4S2/c1-19(2,27)11-30-13-8-16(23-9-14(13)31(28,29)24-10-15(20)21)25-18(26)17(22)12-6-4-3-5-7-12/h8-9,12,15,17,24,27H,3-7,10-11,22H2,1-2H3,(H,23,25,26)/t17-/m0/s1. The lowest BCUT2D eigenvalue weighted by Crippen LogP contribution is -2.42. The minimum atomic E-state index is -4.26. The van der Waals surface area contributed by atoms with Crippen LogP contribution in [0.25, 0.3) is 0 Å². The fourth-order valence-electron chi connectivity index (χ4n) is 3.23. The van der Waals surface area contributed by atoms with Crippen LogP contribution >= 0.6 is 11.8 Å². The summed E-state index contributed by atoms with van der Waals surface area (Å²) in [6.45, 7) is 2.07. The van der Waals surface area contributed by atoms with Gasteiger partial charge in [0.05, 0.1) is 24.4 Å². The van der Waals surface area contributed by atoms with Gasteiger partial charge in [0.25, 0.3) is 6.43 Å². The highest BCUT2D eigenvalue weighted by molar-refractivity contribution is 8.00. The molecule has 0 radical (unpaired) electrons. The summed E-state index contributed by atoms with van der Waals surface area (Å²) in [5, 5.41) is 12.6. The molecule has 176 valence electrons. The summed E-state index contributed by atoms with van der Waals surface area (Å²) >= 11 is 1.01. The molecule has 8 nitrogen and oxygen atoms in total. The van der Waals surface area contributed by atoms with Crippen LogP contribution in [0, 0.1) is 5.92 Å². The van der Waals surface area contributed by atoms with Crippen molar-refractivity contribution in [3.05, 3.63) is 12.3 Å². The van der Waals surface area contributed by atoms with Crippen LogP contribution in [0.4, 0.5) is 14.6 Å². The number of anilines is 1. The lowest BCUT2D eigenvalue weighted by atomic mass is 9.84. The molecular weight excluding hydrogens is 450 g/mol. The summed E-state index contributed by atoms with van der Waals surface area (Å²) in [6.07, 6.45) is 3.09. The zero-order valence-electron chi connectivity index (χ0n) is 17.6. The van der Waals surface area contributed by atoms with E-state index in [1.54, 1.807) is 13.8 Å². The molecule has 0 aliphatic heterocycles. The van der Waals surface area contributed by atoms with Gasteiger partial charge in [0.1, 0.15) is 10.7 Å². The summed E-state index contributed by atoms with van der Waals surface area (Å²) in [5.41, 5.74) is 4.99. The maximum Gasteiger partial charge on any atom is 0.251 e. The first-order valence-electron chi connectivity index (χ1n) is 10.1. The number of nitrogens with zero attached hydrogens (tertiary/aromatic N) is 1. The van der Waals surface area contributed by atoms with Crippen LogP contribution in [0.2, 0.25) is 0 Å². The number of carbonyl (C=O) groups is 1. The number of thioether (sulfide) groups is 1. The van der Waals surface area contributed by atoms with Crippen LogP contribution in [0.1, 0.15) is 46.0 Å². The molecule has 1 aliphatic rings. The van der Waals surface area contributed by atoms with Gasteiger partial charge in [-0.3, -0.25) is 4.79 Å². The Bertz CT molecular complexity index is 857. The van der Waals surface area contributed by atoms with E-state index < -0.39 is 40.5 Å². The number of alkyl halides is 2. The van der Waals surface area contributed by atoms with Gasteiger partial charge in [-0.15, -0.1) is 11.8 Å². The summed E-state index contributed by atoms with van der Waals surface area (Å²) < 4.78 is 51.7. The molecule has 12 heteroatoms. The summed E-state index contributed by atoms with van der Waals surface area (Å²) in [4.78, 5) is 16.4. The normalized spacial score (nSPS) is 17.0. The van der Waals surface area contributed by atoms with Crippen molar-refractivity contribution < 1.29 is 27.1 Å². The van der Waals surface area contributed by atoms with Crippen molar-refractivity contribution >= 4 is 33.5 Å². The zero-order valence-corrected chi connectivity index (χ0v) is 19.2. The molecule has 1 aliphatic carbocycles. The topological polar surface area (TPSA) is 134 Å². The van der Waals surface area contributed by atoms with E-state index in [0.717, 1.165) is 50.1 Å². The third-order valence-corrected chi connectivity index (χ3v) is 7.92. The van der Waals surface area contributed by atoms with Crippen molar-refractivity contribution in [3.63, 3.8) is 0 Å². The number of pyridine rings is 1. The van der Waals surface area contributed by atoms with Crippen molar-refractivity contribution in [1.82, 2.24) is 9.71 Å². The van der Waals surface area contributed by atoms with E-state index in [1.807, 2.05) is 4.72 Å². The number of aromatic nitrogens is 1. The predicted octanol–water partition coefficient (Wildman–Crippen LogP) is 2.33. The van der Waals surface area contributed by atoms with Gasteiger partial charge in [-0.1, -0.05) is 19.3 Å². The minimum Gasteiger partial charge on any atom is -0.390 e.